The predicted molar refractivity (Wildman–Crippen MR) is 124 cm³/mol. The molecular weight excluding hydrogens is 410 g/mol. The van der Waals surface area contributed by atoms with E-state index in [1.807, 2.05) is 19.1 Å². The SMILES string of the molecule is COC(=O)c1ccc(N2CCN(C(C)C(=O)Nc3cc(OC)ccc3OC)C(C)C2)cc1. The van der Waals surface area contributed by atoms with Crippen molar-refractivity contribution < 1.29 is 23.8 Å². The van der Waals surface area contributed by atoms with Crippen molar-refractivity contribution in [2.24, 2.45) is 0 Å². The van der Waals surface area contributed by atoms with Crippen LogP contribution in [0, 0.1) is 0 Å². The monoisotopic (exact) mass is 441 g/mol. The van der Waals surface area contributed by atoms with Gasteiger partial charge >= 0.3 is 5.97 Å². The molecule has 0 spiro atoms. The van der Waals surface area contributed by atoms with Gasteiger partial charge in [-0.1, -0.05) is 0 Å². The highest BCUT2D eigenvalue weighted by Gasteiger charge is 2.31. The van der Waals surface area contributed by atoms with E-state index >= 15 is 0 Å². The molecular formula is C24H31N3O5. The number of piperazine rings is 1. The van der Waals surface area contributed by atoms with Gasteiger partial charge in [-0.15, -0.1) is 0 Å². The molecule has 3 rings (SSSR count). The Morgan fingerprint density at radius 1 is 1.03 bits per heavy atom. The molecule has 2 atom stereocenters. The predicted octanol–water partition coefficient (Wildman–Crippen LogP) is 3.03. The molecule has 172 valence electrons. The van der Waals surface area contributed by atoms with Crippen molar-refractivity contribution in [2.45, 2.75) is 25.9 Å². The van der Waals surface area contributed by atoms with E-state index in [4.69, 9.17) is 14.2 Å². The minimum absolute atomic E-state index is 0.0979. The Labute approximate surface area is 189 Å². The van der Waals surface area contributed by atoms with Crippen LogP contribution < -0.4 is 19.7 Å². The van der Waals surface area contributed by atoms with Crippen LogP contribution >= 0.6 is 0 Å². The molecule has 1 heterocycles. The van der Waals surface area contributed by atoms with Crippen molar-refractivity contribution in [2.75, 3.05) is 51.2 Å². The van der Waals surface area contributed by atoms with Crippen LogP contribution in [0.25, 0.3) is 0 Å². The second kappa shape index (κ2) is 10.4. The molecule has 1 fully saturated rings. The van der Waals surface area contributed by atoms with Crippen LogP contribution in [-0.2, 0) is 9.53 Å². The Bertz CT molecular complexity index is 947. The number of carbonyl (C=O) groups is 2. The number of methoxy groups -OCH3 is 3. The van der Waals surface area contributed by atoms with Crippen molar-refractivity contribution in [3.8, 4) is 11.5 Å². The Morgan fingerprint density at radius 3 is 2.34 bits per heavy atom. The van der Waals surface area contributed by atoms with Gasteiger partial charge in [0.2, 0.25) is 5.91 Å². The first kappa shape index (κ1) is 23.4. The summed E-state index contributed by atoms with van der Waals surface area (Å²) in [6, 6.07) is 12.6. The zero-order chi connectivity index (χ0) is 23.3. The Balaban J connectivity index is 1.64. The summed E-state index contributed by atoms with van der Waals surface area (Å²) in [6.45, 7) is 6.33. The lowest BCUT2D eigenvalue weighted by molar-refractivity contribution is -0.121. The number of hydrogen-bond acceptors (Lipinski definition) is 7. The molecule has 0 aromatic heterocycles. The quantitative estimate of drug-likeness (QED) is 0.662. The van der Waals surface area contributed by atoms with E-state index < -0.39 is 0 Å². The van der Waals surface area contributed by atoms with Gasteiger partial charge in [0.15, 0.2) is 0 Å². The number of esters is 1. The van der Waals surface area contributed by atoms with E-state index in [9.17, 15) is 9.59 Å². The van der Waals surface area contributed by atoms with Gasteiger partial charge in [0.25, 0.3) is 0 Å². The zero-order valence-electron chi connectivity index (χ0n) is 19.3. The van der Waals surface area contributed by atoms with Crippen LogP contribution in [0.4, 0.5) is 11.4 Å². The molecule has 1 aliphatic rings. The van der Waals surface area contributed by atoms with E-state index in [1.54, 1.807) is 44.6 Å². The maximum atomic E-state index is 13.0. The zero-order valence-corrected chi connectivity index (χ0v) is 19.3. The molecule has 8 nitrogen and oxygen atoms in total. The van der Waals surface area contributed by atoms with Gasteiger partial charge in [-0.25, -0.2) is 4.79 Å². The van der Waals surface area contributed by atoms with Crippen molar-refractivity contribution in [3.63, 3.8) is 0 Å². The highest BCUT2D eigenvalue weighted by Crippen LogP contribution is 2.29. The number of nitrogens with zero attached hydrogens (tertiary/aromatic N) is 2. The maximum Gasteiger partial charge on any atom is 0.337 e. The van der Waals surface area contributed by atoms with E-state index in [0.717, 1.165) is 25.3 Å². The van der Waals surface area contributed by atoms with Gasteiger partial charge in [-0.05, 0) is 50.2 Å². The molecule has 0 bridgehead atoms. The number of ether oxygens (including phenoxy) is 3. The third kappa shape index (κ3) is 5.13. The first-order valence-corrected chi connectivity index (χ1v) is 10.6. The maximum absolute atomic E-state index is 13.0. The standard InChI is InChI=1S/C24H31N3O5/c1-16-15-26(19-8-6-18(7-9-19)24(29)32-5)12-13-27(16)17(2)23(28)25-21-14-20(30-3)10-11-22(21)31-4/h6-11,14,16-17H,12-13,15H2,1-5H3,(H,25,28). The third-order valence-electron chi connectivity index (χ3n) is 5.87. The molecule has 1 N–H and O–H groups in total. The molecule has 1 saturated heterocycles. The Morgan fingerprint density at radius 2 is 1.75 bits per heavy atom. The molecule has 32 heavy (non-hydrogen) atoms. The molecule has 2 aromatic carbocycles. The van der Waals surface area contributed by atoms with Gasteiger partial charge in [-0.3, -0.25) is 9.69 Å². The highest BCUT2D eigenvalue weighted by atomic mass is 16.5. The Kier molecular flexibility index (Phi) is 7.58. The molecule has 1 amide bonds. The summed E-state index contributed by atoms with van der Waals surface area (Å²) in [5.41, 5.74) is 2.16. The van der Waals surface area contributed by atoms with Crippen LogP contribution in [0.2, 0.25) is 0 Å². The summed E-state index contributed by atoms with van der Waals surface area (Å²) >= 11 is 0. The number of amides is 1. The fraction of sp³-hybridized carbons (Fsp3) is 0.417. The van der Waals surface area contributed by atoms with E-state index in [0.29, 0.717) is 22.7 Å². The average molecular weight is 442 g/mol. The number of anilines is 2. The first-order valence-electron chi connectivity index (χ1n) is 10.6. The number of nitrogens with one attached hydrogen (secondary N) is 1. The molecule has 0 radical (unpaired) electrons. The lowest BCUT2D eigenvalue weighted by atomic mass is 10.1. The van der Waals surface area contributed by atoms with Crippen molar-refractivity contribution in [1.29, 1.82) is 0 Å². The fourth-order valence-corrected chi connectivity index (χ4v) is 4.01. The first-order chi connectivity index (χ1) is 15.4. The van der Waals surface area contributed by atoms with Gasteiger partial charge in [0.1, 0.15) is 11.5 Å². The van der Waals surface area contributed by atoms with E-state index in [1.165, 1.54) is 7.11 Å². The lowest BCUT2D eigenvalue weighted by Gasteiger charge is -2.43. The summed E-state index contributed by atoms with van der Waals surface area (Å²) in [7, 11) is 4.53. The molecule has 2 unspecified atom stereocenters. The van der Waals surface area contributed by atoms with Crippen molar-refractivity contribution in [1.82, 2.24) is 4.90 Å². The third-order valence-corrected chi connectivity index (χ3v) is 5.87. The molecule has 0 saturated carbocycles. The normalized spacial score (nSPS) is 17.4. The Hall–Kier alpha value is -3.26. The lowest BCUT2D eigenvalue weighted by Crippen LogP contribution is -2.57. The summed E-state index contributed by atoms with van der Waals surface area (Å²) in [6.07, 6.45) is 0. The average Bonchev–Trinajstić information content (AvgIpc) is 2.83. The van der Waals surface area contributed by atoms with Crippen LogP contribution in [0.1, 0.15) is 24.2 Å². The summed E-state index contributed by atoms with van der Waals surface area (Å²) < 4.78 is 15.4. The molecule has 0 aliphatic carbocycles. The number of carbonyl (C=O) groups excluding carboxylic acids is 2. The number of benzene rings is 2. The van der Waals surface area contributed by atoms with E-state index in [2.05, 4.69) is 22.0 Å². The van der Waals surface area contributed by atoms with Crippen LogP contribution in [0.3, 0.4) is 0 Å². The van der Waals surface area contributed by atoms with E-state index in [-0.39, 0.29) is 24.0 Å². The number of rotatable bonds is 7. The van der Waals surface area contributed by atoms with Crippen LogP contribution in [-0.4, -0.2) is 69.8 Å². The summed E-state index contributed by atoms with van der Waals surface area (Å²) in [5.74, 6) is 0.787. The smallest absolute Gasteiger partial charge is 0.337 e. The largest absolute Gasteiger partial charge is 0.497 e. The molecule has 2 aromatic rings. The van der Waals surface area contributed by atoms with Crippen molar-refractivity contribution in [3.05, 3.63) is 48.0 Å². The second-order valence-corrected chi connectivity index (χ2v) is 7.80. The second-order valence-electron chi connectivity index (χ2n) is 7.80. The summed E-state index contributed by atoms with van der Waals surface area (Å²) in [5, 5.41) is 2.98. The van der Waals surface area contributed by atoms with Crippen LogP contribution in [0.5, 0.6) is 11.5 Å². The summed E-state index contributed by atoms with van der Waals surface area (Å²) in [4.78, 5) is 29.1. The highest BCUT2D eigenvalue weighted by molar-refractivity contribution is 5.96. The van der Waals surface area contributed by atoms with Gasteiger partial charge in [0, 0.05) is 37.4 Å². The number of hydrogen-bond donors (Lipinski definition) is 1. The van der Waals surface area contributed by atoms with Gasteiger partial charge in [-0.2, -0.15) is 0 Å². The molecule has 1 aliphatic heterocycles. The van der Waals surface area contributed by atoms with Gasteiger partial charge in [0.05, 0.1) is 38.6 Å². The van der Waals surface area contributed by atoms with Crippen LogP contribution in [0.15, 0.2) is 42.5 Å². The minimum atomic E-state index is -0.345. The minimum Gasteiger partial charge on any atom is -0.497 e. The fourth-order valence-electron chi connectivity index (χ4n) is 4.01. The molecule has 8 heteroatoms. The van der Waals surface area contributed by atoms with Gasteiger partial charge < -0.3 is 24.4 Å². The topological polar surface area (TPSA) is 80.3 Å². The van der Waals surface area contributed by atoms with Crippen molar-refractivity contribution >= 4 is 23.3 Å².